The molecule has 0 aliphatic carbocycles. The van der Waals surface area contributed by atoms with Crippen LogP contribution in [0.4, 0.5) is 0 Å². The zero-order valence-corrected chi connectivity index (χ0v) is 11.4. The van der Waals surface area contributed by atoms with Gasteiger partial charge in [-0.25, -0.2) is 4.79 Å². The molecule has 0 fully saturated rings. The van der Waals surface area contributed by atoms with Crippen LogP contribution in [0.15, 0.2) is 36.4 Å². The molecule has 1 atom stereocenters. The number of aryl methyl sites for hydroxylation is 1. The molecule has 1 aromatic carbocycles. The average Bonchev–Trinajstić information content (AvgIpc) is 2.26. The van der Waals surface area contributed by atoms with Crippen molar-refractivity contribution < 1.29 is 14.6 Å². The topological polar surface area (TPSA) is 46.5 Å². The summed E-state index contributed by atoms with van der Waals surface area (Å²) >= 11 is 0. The first-order valence-electron chi connectivity index (χ1n) is 5.87. The molecule has 1 rings (SSSR count). The Bertz CT molecular complexity index is 438. The zero-order valence-electron chi connectivity index (χ0n) is 11.4. The van der Waals surface area contributed by atoms with E-state index in [4.69, 9.17) is 4.74 Å². The van der Waals surface area contributed by atoms with Crippen molar-refractivity contribution in [2.75, 3.05) is 0 Å². The van der Waals surface area contributed by atoms with Crippen molar-refractivity contribution >= 4 is 5.97 Å². The van der Waals surface area contributed by atoms with E-state index in [0.717, 1.165) is 5.56 Å². The largest absolute Gasteiger partial charge is 0.457 e. The van der Waals surface area contributed by atoms with Crippen molar-refractivity contribution in [3.05, 3.63) is 47.5 Å². The Morgan fingerprint density at radius 1 is 1.28 bits per heavy atom. The van der Waals surface area contributed by atoms with Crippen LogP contribution in [0.2, 0.25) is 0 Å². The highest BCUT2D eigenvalue weighted by Gasteiger charge is 2.24. The first-order valence-corrected chi connectivity index (χ1v) is 5.87. The second-order valence-corrected chi connectivity index (χ2v) is 5.34. The van der Waals surface area contributed by atoms with Crippen LogP contribution < -0.4 is 0 Å². The summed E-state index contributed by atoms with van der Waals surface area (Å²) in [6, 6.07) is 7.30. The number of aliphatic hydroxyl groups is 1. The molecule has 0 saturated carbocycles. The minimum absolute atomic E-state index is 0.0498. The summed E-state index contributed by atoms with van der Waals surface area (Å²) in [6.07, 6.45) is -1.03. The van der Waals surface area contributed by atoms with Crippen molar-refractivity contribution in [1.82, 2.24) is 0 Å². The van der Waals surface area contributed by atoms with Crippen LogP contribution in [-0.4, -0.2) is 16.7 Å². The van der Waals surface area contributed by atoms with E-state index in [2.05, 4.69) is 6.58 Å². The Morgan fingerprint density at radius 3 is 2.22 bits per heavy atom. The highest BCUT2D eigenvalue weighted by atomic mass is 16.6. The van der Waals surface area contributed by atoms with Gasteiger partial charge in [0.05, 0.1) is 5.57 Å². The summed E-state index contributed by atoms with van der Waals surface area (Å²) in [5.74, 6) is -0.574. The Labute approximate surface area is 108 Å². The van der Waals surface area contributed by atoms with Gasteiger partial charge in [-0.1, -0.05) is 36.4 Å². The van der Waals surface area contributed by atoms with Gasteiger partial charge >= 0.3 is 5.97 Å². The third kappa shape index (κ3) is 4.00. The molecule has 1 unspecified atom stereocenters. The summed E-state index contributed by atoms with van der Waals surface area (Å²) < 4.78 is 5.17. The molecule has 0 bridgehead atoms. The van der Waals surface area contributed by atoms with Gasteiger partial charge in [0.15, 0.2) is 0 Å². The average molecular weight is 248 g/mol. The first kappa shape index (κ1) is 14.5. The Balaban J connectivity index is 2.78. The van der Waals surface area contributed by atoms with Crippen LogP contribution in [-0.2, 0) is 9.53 Å². The lowest BCUT2D eigenvalue weighted by Crippen LogP contribution is -2.26. The molecule has 98 valence electrons. The van der Waals surface area contributed by atoms with Gasteiger partial charge in [-0.05, 0) is 33.3 Å². The Kier molecular flexibility index (Phi) is 4.30. The summed E-state index contributed by atoms with van der Waals surface area (Å²) in [4.78, 5) is 11.8. The zero-order chi connectivity index (χ0) is 13.9. The fourth-order valence-corrected chi connectivity index (χ4v) is 1.41. The Morgan fingerprint density at radius 2 is 1.78 bits per heavy atom. The molecule has 0 saturated heterocycles. The second kappa shape index (κ2) is 5.36. The molecule has 0 aliphatic heterocycles. The number of aliphatic hydroxyl groups excluding tert-OH is 1. The standard InChI is InChI=1S/C15H20O3/c1-10-6-8-12(9-7-10)13(16)11(2)14(17)18-15(3,4)5/h6-9,13,16H,2H2,1,3-5H3. The van der Waals surface area contributed by atoms with E-state index in [1.807, 2.05) is 19.1 Å². The van der Waals surface area contributed by atoms with Gasteiger partial charge in [-0.2, -0.15) is 0 Å². The van der Waals surface area contributed by atoms with E-state index >= 15 is 0 Å². The summed E-state index contributed by atoms with van der Waals surface area (Å²) in [5.41, 5.74) is 1.19. The van der Waals surface area contributed by atoms with E-state index in [0.29, 0.717) is 5.56 Å². The number of ether oxygens (including phenoxy) is 1. The number of benzene rings is 1. The van der Waals surface area contributed by atoms with Gasteiger partial charge in [-0.3, -0.25) is 0 Å². The summed E-state index contributed by atoms with van der Waals surface area (Å²) in [5, 5.41) is 10.0. The number of carbonyl (C=O) groups is 1. The Hall–Kier alpha value is -1.61. The van der Waals surface area contributed by atoms with E-state index in [-0.39, 0.29) is 5.57 Å². The highest BCUT2D eigenvalue weighted by molar-refractivity contribution is 5.89. The van der Waals surface area contributed by atoms with Crippen molar-refractivity contribution in [1.29, 1.82) is 0 Å². The van der Waals surface area contributed by atoms with Gasteiger partial charge in [0.2, 0.25) is 0 Å². The second-order valence-electron chi connectivity index (χ2n) is 5.34. The normalized spacial score (nSPS) is 12.9. The highest BCUT2D eigenvalue weighted by Crippen LogP contribution is 2.23. The van der Waals surface area contributed by atoms with E-state index < -0.39 is 17.7 Å². The summed E-state index contributed by atoms with van der Waals surface area (Å²) in [6.45, 7) is 10.9. The number of hydrogen-bond donors (Lipinski definition) is 1. The van der Waals surface area contributed by atoms with Gasteiger partial charge in [0, 0.05) is 0 Å². The third-order valence-corrected chi connectivity index (χ3v) is 2.38. The van der Waals surface area contributed by atoms with Crippen LogP contribution in [0.25, 0.3) is 0 Å². The predicted octanol–water partition coefficient (Wildman–Crippen LogP) is 2.93. The van der Waals surface area contributed by atoms with Crippen molar-refractivity contribution in [3.63, 3.8) is 0 Å². The van der Waals surface area contributed by atoms with Crippen LogP contribution in [0.5, 0.6) is 0 Å². The fourth-order valence-electron chi connectivity index (χ4n) is 1.41. The van der Waals surface area contributed by atoms with E-state index in [1.165, 1.54) is 0 Å². The molecular formula is C15H20O3. The maximum Gasteiger partial charge on any atom is 0.336 e. The molecule has 0 aromatic heterocycles. The molecule has 0 spiro atoms. The van der Waals surface area contributed by atoms with E-state index in [9.17, 15) is 9.90 Å². The lowest BCUT2D eigenvalue weighted by molar-refractivity contribution is -0.151. The minimum Gasteiger partial charge on any atom is -0.457 e. The van der Waals surface area contributed by atoms with Crippen LogP contribution >= 0.6 is 0 Å². The molecule has 3 heteroatoms. The summed E-state index contributed by atoms with van der Waals surface area (Å²) in [7, 11) is 0. The van der Waals surface area contributed by atoms with Crippen molar-refractivity contribution in [2.24, 2.45) is 0 Å². The number of hydrogen-bond acceptors (Lipinski definition) is 3. The molecule has 3 nitrogen and oxygen atoms in total. The van der Waals surface area contributed by atoms with Crippen LogP contribution in [0.3, 0.4) is 0 Å². The molecule has 0 aliphatic rings. The van der Waals surface area contributed by atoms with Gasteiger partial charge in [-0.15, -0.1) is 0 Å². The number of carbonyl (C=O) groups excluding carboxylic acids is 1. The van der Waals surface area contributed by atoms with Crippen molar-refractivity contribution in [2.45, 2.75) is 39.4 Å². The molecule has 0 heterocycles. The lowest BCUT2D eigenvalue weighted by atomic mass is 10.0. The maximum atomic E-state index is 11.8. The lowest BCUT2D eigenvalue weighted by Gasteiger charge is -2.22. The monoisotopic (exact) mass is 248 g/mol. The molecule has 1 N–H and O–H groups in total. The first-order chi connectivity index (χ1) is 8.20. The van der Waals surface area contributed by atoms with Crippen LogP contribution in [0, 0.1) is 6.92 Å². The number of rotatable bonds is 3. The minimum atomic E-state index is -1.03. The maximum absolute atomic E-state index is 11.8. The quantitative estimate of drug-likeness (QED) is 0.661. The molecule has 0 radical (unpaired) electrons. The molecule has 0 amide bonds. The smallest absolute Gasteiger partial charge is 0.336 e. The van der Waals surface area contributed by atoms with Crippen molar-refractivity contribution in [3.8, 4) is 0 Å². The molecule has 18 heavy (non-hydrogen) atoms. The number of esters is 1. The van der Waals surface area contributed by atoms with Gasteiger partial charge in [0.1, 0.15) is 11.7 Å². The SMILES string of the molecule is C=C(C(=O)OC(C)(C)C)C(O)c1ccc(C)cc1. The fraction of sp³-hybridized carbons (Fsp3) is 0.400. The van der Waals surface area contributed by atoms with E-state index in [1.54, 1.807) is 32.9 Å². The van der Waals surface area contributed by atoms with Gasteiger partial charge < -0.3 is 9.84 Å². The van der Waals surface area contributed by atoms with Gasteiger partial charge in [0.25, 0.3) is 0 Å². The molecular weight excluding hydrogens is 228 g/mol. The van der Waals surface area contributed by atoms with Crippen LogP contribution in [0.1, 0.15) is 38.0 Å². The molecule has 1 aromatic rings. The third-order valence-electron chi connectivity index (χ3n) is 2.38. The predicted molar refractivity (Wildman–Crippen MR) is 71.1 cm³/mol.